The van der Waals surface area contributed by atoms with Gasteiger partial charge in [0.25, 0.3) is 5.69 Å². The summed E-state index contributed by atoms with van der Waals surface area (Å²) in [5.74, 6) is 0.229. The number of carbonyl (C=O) groups excluding carboxylic acids is 1. The standard InChI is InChI=1S/C13H20N4O3/c1-8(2)7-15-13(18)9(3)16-12-5-4-10(17(19)20)6-11(12)14/h4-6,8-9,16H,7,14H2,1-3H3,(H,15,18). The van der Waals surface area contributed by atoms with Crippen LogP contribution in [0.15, 0.2) is 18.2 Å². The molecule has 4 N–H and O–H groups in total. The highest BCUT2D eigenvalue weighted by atomic mass is 16.6. The Morgan fingerprint density at radius 3 is 2.55 bits per heavy atom. The van der Waals surface area contributed by atoms with Crippen LogP contribution in [0.1, 0.15) is 20.8 Å². The van der Waals surface area contributed by atoms with E-state index in [0.29, 0.717) is 18.2 Å². The van der Waals surface area contributed by atoms with Gasteiger partial charge in [-0.15, -0.1) is 0 Å². The number of hydrogen-bond donors (Lipinski definition) is 3. The van der Waals surface area contributed by atoms with Crippen molar-refractivity contribution in [1.29, 1.82) is 0 Å². The Hall–Kier alpha value is -2.31. The molecule has 1 rings (SSSR count). The molecule has 0 aromatic heterocycles. The van der Waals surface area contributed by atoms with Crippen LogP contribution < -0.4 is 16.4 Å². The van der Waals surface area contributed by atoms with Gasteiger partial charge in [0.05, 0.1) is 16.3 Å². The summed E-state index contributed by atoms with van der Waals surface area (Å²) < 4.78 is 0. The molecule has 0 heterocycles. The lowest BCUT2D eigenvalue weighted by atomic mass is 10.2. The third kappa shape index (κ3) is 4.42. The van der Waals surface area contributed by atoms with Crippen molar-refractivity contribution < 1.29 is 9.72 Å². The molecule has 0 saturated heterocycles. The average molecular weight is 280 g/mol. The molecule has 1 unspecified atom stereocenters. The van der Waals surface area contributed by atoms with Crippen molar-refractivity contribution in [1.82, 2.24) is 5.32 Å². The molecule has 0 aliphatic carbocycles. The lowest BCUT2D eigenvalue weighted by molar-refractivity contribution is -0.384. The monoisotopic (exact) mass is 280 g/mol. The number of non-ortho nitro benzene ring substituents is 1. The normalized spacial score (nSPS) is 12.0. The number of nitro benzene ring substituents is 1. The van der Waals surface area contributed by atoms with Gasteiger partial charge in [-0.25, -0.2) is 0 Å². The van der Waals surface area contributed by atoms with Gasteiger partial charge in [0, 0.05) is 18.7 Å². The van der Waals surface area contributed by atoms with Crippen LogP contribution >= 0.6 is 0 Å². The van der Waals surface area contributed by atoms with E-state index in [9.17, 15) is 14.9 Å². The number of nitro groups is 1. The Morgan fingerprint density at radius 1 is 1.40 bits per heavy atom. The quantitative estimate of drug-likeness (QED) is 0.417. The summed E-state index contributed by atoms with van der Waals surface area (Å²) in [6.07, 6.45) is 0. The summed E-state index contributed by atoms with van der Waals surface area (Å²) in [4.78, 5) is 21.9. The van der Waals surface area contributed by atoms with Crippen LogP contribution in [0, 0.1) is 16.0 Å². The van der Waals surface area contributed by atoms with Crippen molar-refractivity contribution in [2.24, 2.45) is 5.92 Å². The van der Waals surface area contributed by atoms with E-state index in [0.717, 1.165) is 0 Å². The summed E-state index contributed by atoms with van der Waals surface area (Å²) in [7, 11) is 0. The summed E-state index contributed by atoms with van der Waals surface area (Å²) in [5.41, 5.74) is 6.39. The zero-order valence-electron chi connectivity index (χ0n) is 11.8. The molecule has 0 saturated carbocycles. The number of nitrogens with two attached hydrogens (primary N) is 1. The van der Waals surface area contributed by atoms with E-state index in [4.69, 9.17) is 5.73 Å². The van der Waals surface area contributed by atoms with Gasteiger partial charge in [0.15, 0.2) is 0 Å². The molecular weight excluding hydrogens is 260 g/mol. The number of benzene rings is 1. The second kappa shape index (κ2) is 6.74. The van der Waals surface area contributed by atoms with Crippen LogP contribution in [-0.2, 0) is 4.79 Å². The molecule has 1 aromatic rings. The van der Waals surface area contributed by atoms with Crippen molar-refractivity contribution in [3.05, 3.63) is 28.3 Å². The van der Waals surface area contributed by atoms with Gasteiger partial charge < -0.3 is 16.4 Å². The van der Waals surface area contributed by atoms with Crippen LogP contribution in [0.25, 0.3) is 0 Å². The third-order valence-corrected chi connectivity index (χ3v) is 2.70. The Morgan fingerprint density at radius 2 is 2.05 bits per heavy atom. The first-order chi connectivity index (χ1) is 9.31. The number of nitrogens with zero attached hydrogens (tertiary/aromatic N) is 1. The number of nitrogens with one attached hydrogen (secondary N) is 2. The predicted octanol–water partition coefficient (Wildman–Crippen LogP) is 1.75. The number of nitrogen functional groups attached to an aromatic ring is 1. The molecule has 1 aromatic carbocycles. The van der Waals surface area contributed by atoms with Gasteiger partial charge in [-0.05, 0) is 18.9 Å². The van der Waals surface area contributed by atoms with Crippen molar-refractivity contribution in [3.63, 3.8) is 0 Å². The molecule has 20 heavy (non-hydrogen) atoms. The van der Waals surface area contributed by atoms with Gasteiger partial charge in [-0.2, -0.15) is 0 Å². The maximum Gasteiger partial charge on any atom is 0.271 e. The second-order valence-corrected chi connectivity index (χ2v) is 5.03. The predicted molar refractivity (Wildman–Crippen MR) is 78.4 cm³/mol. The van der Waals surface area contributed by atoms with E-state index in [1.54, 1.807) is 6.92 Å². The van der Waals surface area contributed by atoms with Crippen LogP contribution in [-0.4, -0.2) is 23.4 Å². The van der Waals surface area contributed by atoms with E-state index >= 15 is 0 Å². The molecule has 0 aliphatic heterocycles. The minimum Gasteiger partial charge on any atom is -0.397 e. The number of amides is 1. The topological polar surface area (TPSA) is 110 Å². The van der Waals surface area contributed by atoms with Gasteiger partial charge >= 0.3 is 0 Å². The fourth-order valence-corrected chi connectivity index (χ4v) is 1.55. The molecule has 1 atom stereocenters. The minimum atomic E-state index is -0.515. The molecule has 0 bridgehead atoms. The molecule has 0 aliphatic rings. The van der Waals surface area contributed by atoms with Gasteiger partial charge in [0.1, 0.15) is 6.04 Å². The smallest absolute Gasteiger partial charge is 0.271 e. The fourth-order valence-electron chi connectivity index (χ4n) is 1.55. The van der Waals surface area contributed by atoms with E-state index in [2.05, 4.69) is 10.6 Å². The van der Waals surface area contributed by atoms with Crippen molar-refractivity contribution in [2.75, 3.05) is 17.6 Å². The second-order valence-electron chi connectivity index (χ2n) is 5.03. The van der Waals surface area contributed by atoms with E-state index in [-0.39, 0.29) is 17.3 Å². The highest BCUT2D eigenvalue weighted by Crippen LogP contribution is 2.24. The maximum atomic E-state index is 11.8. The van der Waals surface area contributed by atoms with E-state index in [1.807, 2.05) is 13.8 Å². The van der Waals surface area contributed by atoms with Crippen molar-refractivity contribution >= 4 is 23.0 Å². The number of anilines is 2. The van der Waals surface area contributed by atoms with Gasteiger partial charge in [-0.3, -0.25) is 14.9 Å². The van der Waals surface area contributed by atoms with Gasteiger partial charge in [0.2, 0.25) is 5.91 Å². The Kier molecular flexibility index (Phi) is 5.31. The Balaban J connectivity index is 2.68. The lowest BCUT2D eigenvalue weighted by Gasteiger charge is -2.17. The Bertz CT molecular complexity index is 502. The molecule has 0 radical (unpaired) electrons. The number of rotatable bonds is 6. The summed E-state index contributed by atoms with van der Waals surface area (Å²) in [5, 5.41) is 16.4. The number of carbonyl (C=O) groups is 1. The lowest BCUT2D eigenvalue weighted by Crippen LogP contribution is -2.39. The van der Waals surface area contributed by atoms with Gasteiger partial charge in [-0.1, -0.05) is 13.8 Å². The number of hydrogen-bond acceptors (Lipinski definition) is 5. The van der Waals surface area contributed by atoms with E-state index in [1.165, 1.54) is 18.2 Å². The highest BCUT2D eigenvalue weighted by Gasteiger charge is 2.15. The van der Waals surface area contributed by atoms with Crippen molar-refractivity contribution in [2.45, 2.75) is 26.8 Å². The molecule has 7 nitrogen and oxygen atoms in total. The molecule has 110 valence electrons. The summed E-state index contributed by atoms with van der Waals surface area (Å²) in [6, 6.07) is 3.63. The van der Waals surface area contributed by atoms with Crippen LogP contribution in [0.4, 0.5) is 17.1 Å². The first-order valence-corrected chi connectivity index (χ1v) is 6.39. The highest BCUT2D eigenvalue weighted by molar-refractivity contribution is 5.85. The SMILES string of the molecule is CC(C)CNC(=O)C(C)Nc1ccc([N+](=O)[O-])cc1N. The molecule has 0 spiro atoms. The largest absolute Gasteiger partial charge is 0.397 e. The third-order valence-electron chi connectivity index (χ3n) is 2.70. The average Bonchev–Trinajstić information content (AvgIpc) is 2.37. The minimum absolute atomic E-state index is 0.0787. The first kappa shape index (κ1) is 15.7. The molecular formula is C13H20N4O3. The zero-order valence-corrected chi connectivity index (χ0v) is 11.8. The zero-order chi connectivity index (χ0) is 15.3. The van der Waals surface area contributed by atoms with E-state index < -0.39 is 11.0 Å². The maximum absolute atomic E-state index is 11.8. The summed E-state index contributed by atoms with van der Waals surface area (Å²) in [6.45, 7) is 6.32. The summed E-state index contributed by atoms with van der Waals surface area (Å²) >= 11 is 0. The first-order valence-electron chi connectivity index (χ1n) is 6.39. The van der Waals surface area contributed by atoms with Crippen LogP contribution in [0.5, 0.6) is 0 Å². The van der Waals surface area contributed by atoms with Crippen LogP contribution in [0.3, 0.4) is 0 Å². The fraction of sp³-hybridized carbons (Fsp3) is 0.462. The van der Waals surface area contributed by atoms with Crippen molar-refractivity contribution in [3.8, 4) is 0 Å². The van der Waals surface area contributed by atoms with Crippen LogP contribution in [0.2, 0.25) is 0 Å². The Labute approximate surface area is 117 Å². The molecule has 0 fully saturated rings. The molecule has 7 heteroatoms. The molecule has 1 amide bonds.